The molecule has 0 bridgehead atoms. The summed E-state index contributed by atoms with van der Waals surface area (Å²) in [4.78, 5) is 49.4. The first-order valence-electron chi connectivity index (χ1n) is 9.27. The van der Waals surface area contributed by atoms with E-state index in [1.165, 1.54) is 5.48 Å². The Hall–Kier alpha value is -2.94. The van der Waals surface area contributed by atoms with Gasteiger partial charge in [-0.05, 0) is 37.3 Å². The van der Waals surface area contributed by atoms with E-state index >= 15 is 0 Å². The molecule has 5 amide bonds. The molecular formula is C19H26N4O5. The van der Waals surface area contributed by atoms with Gasteiger partial charge in [0.05, 0.1) is 0 Å². The molecule has 1 aliphatic rings. The van der Waals surface area contributed by atoms with E-state index in [0.29, 0.717) is 31.4 Å². The van der Waals surface area contributed by atoms with Gasteiger partial charge in [-0.15, -0.1) is 0 Å². The molecule has 0 saturated carbocycles. The standard InChI is InChI=1S/C19H26N4O5/c1-12(2)15(17(25)22-28)23-18(26)14(21-19(23)27)10-6-7-11-20-16(24)13-8-4-3-5-9-13/h3-5,8-9,12,14-15,28H,6-7,10-11H2,1-2H3,(H,20,24)(H,21,27)(H,22,25)/t14-,15+/m0/s1. The minimum Gasteiger partial charge on any atom is -0.352 e. The monoisotopic (exact) mass is 390 g/mol. The van der Waals surface area contributed by atoms with Crippen LogP contribution in [0.2, 0.25) is 0 Å². The van der Waals surface area contributed by atoms with Crippen LogP contribution in [0.5, 0.6) is 0 Å². The number of imide groups is 1. The van der Waals surface area contributed by atoms with Crippen molar-refractivity contribution in [2.24, 2.45) is 5.92 Å². The van der Waals surface area contributed by atoms with Crippen molar-refractivity contribution >= 4 is 23.8 Å². The number of benzene rings is 1. The molecule has 1 heterocycles. The van der Waals surface area contributed by atoms with Gasteiger partial charge in [0.1, 0.15) is 12.1 Å². The highest BCUT2D eigenvalue weighted by molar-refractivity contribution is 6.07. The quantitative estimate of drug-likeness (QED) is 0.217. The summed E-state index contributed by atoms with van der Waals surface area (Å²) in [5, 5.41) is 14.3. The lowest BCUT2D eigenvalue weighted by Crippen LogP contribution is -2.52. The molecule has 0 spiro atoms. The Morgan fingerprint density at radius 3 is 2.46 bits per heavy atom. The molecule has 0 aromatic heterocycles. The van der Waals surface area contributed by atoms with Crippen LogP contribution in [0.3, 0.4) is 0 Å². The van der Waals surface area contributed by atoms with Crippen molar-refractivity contribution in [2.75, 3.05) is 6.54 Å². The molecule has 2 rings (SSSR count). The van der Waals surface area contributed by atoms with Crippen LogP contribution < -0.4 is 16.1 Å². The summed E-state index contributed by atoms with van der Waals surface area (Å²) < 4.78 is 0. The number of amides is 5. The third-order valence-corrected chi connectivity index (χ3v) is 4.58. The van der Waals surface area contributed by atoms with E-state index in [1.807, 2.05) is 6.07 Å². The number of carbonyl (C=O) groups excluding carboxylic acids is 4. The van der Waals surface area contributed by atoms with Crippen molar-refractivity contribution in [3.8, 4) is 0 Å². The Morgan fingerprint density at radius 2 is 1.86 bits per heavy atom. The van der Waals surface area contributed by atoms with Crippen molar-refractivity contribution in [1.29, 1.82) is 0 Å². The van der Waals surface area contributed by atoms with E-state index in [4.69, 9.17) is 5.21 Å². The average molecular weight is 390 g/mol. The van der Waals surface area contributed by atoms with Gasteiger partial charge in [0, 0.05) is 12.1 Å². The summed E-state index contributed by atoms with van der Waals surface area (Å²) in [5.41, 5.74) is 2.09. The second-order valence-electron chi connectivity index (χ2n) is 6.99. The zero-order chi connectivity index (χ0) is 20.7. The van der Waals surface area contributed by atoms with E-state index in [1.54, 1.807) is 38.1 Å². The summed E-state index contributed by atoms with van der Waals surface area (Å²) in [6, 6.07) is 6.43. The fraction of sp³-hybridized carbons (Fsp3) is 0.474. The van der Waals surface area contributed by atoms with E-state index in [2.05, 4.69) is 10.6 Å². The SMILES string of the molecule is CC(C)[C@H](C(=O)NO)N1C(=O)N[C@@H](CCCCNC(=O)c2ccccc2)C1=O. The first kappa shape index (κ1) is 21.4. The molecule has 28 heavy (non-hydrogen) atoms. The molecule has 9 nitrogen and oxygen atoms in total. The molecule has 2 atom stereocenters. The van der Waals surface area contributed by atoms with Crippen LogP contribution in [0.4, 0.5) is 4.79 Å². The second-order valence-corrected chi connectivity index (χ2v) is 6.99. The summed E-state index contributed by atoms with van der Waals surface area (Å²) in [5.74, 6) is -1.80. The van der Waals surface area contributed by atoms with Crippen molar-refractivity contribution < 1.29 is 24.4 Å². The van der Waals surface area contributed by atoms with Crippen LogP contribution in [-0.4, -0.2) is 52.5 Å². The number of nitrogens with one attached hydrogen (secondary N) is 3. The minimum atomic E-state index is -1.08. The highest BCUT2D eigenvalue weighted by atomic mass is 16.5. The molecule has 1 aromatic carbocycles. The fourth-order valence-electron chi connectivity index (χ4n) is 3.16. The summed E-state index contributed by atoms with van der Waals surface area (Å²) in [6.45, 7) is 3.82. The number of urea groups is 1. The van der Waals surface area contributed by atoms with Crippen LogP contribution in [-0.2, 0) is 9.59 Å². The molecule has 0 radical (unpaired) electrons. The molecule has 9 heteroatoms. The third-order valence-electron chi connectivity index (χ3n) is 4.58. The van der Waals surface area contributed by atoms with Gasteiger partial charge in [0.25, 0.3) is 17.7 Å². The number of carbonyl (C=O) groups is 4. The van der Waals surface area contributed by atoms with Crippen LogP contribution in [0.1, 0.15) is 43.5 Å². The lowest BCUT2D eigenvalue weighted by atomic mass is 10.0. The van der Waals surface area contributed by atoms with Crippen molar-refractivity contribution in [2.45, 2.75) is 45.2 Å². The zero-order valence-electron chi connectivity index (χ0n) is 16.0. The van der Waals surface area contributed by atoms with Gasteiger partial charge in [-0.3, -0.25) is 19.6 Å². The first-order chi connectivity index (χ1) is 13.4. The van der Waals surface area contributed by atoms with E-state index in [9.17, 15) is 19.2 Å². The van der Waals surface area contributed by atoms with E-state index in [-0.39, 0.29) is 11.8 Å². The molecule has 0 unspecified atom stereocenters. The van der Waals surface area contributed by atoms with Gasteiger partial charge in [-0.25, -0.2) is 15.2 Å². The Kier molecular flexibility index (Phi) is 7.51. The molecule has 0 aliphatic carbocycles. The molecule has 152 valence electrons. The maximum absolute atomic E-state index is 12.6. The summed E-state index contributed by atoms with van der Waals surface area (Å²) in [6.07, 6.45) is 1.65. The van der Waals surface area contributed by atoms with Crippen LogP contribution in [0.25, 0.3) is 0 Å². The van der Waals surface area contributed by atoms with E-state index in [0.717, 1.165) is 4.90 Å². The van der Waals surface area contributed by atoms with Gasteiger partial charge in [0.2, 0.25) is 0 Å². The predicted molar refractivity (Wildman–Crippen MR) is 100 cm³/mol. The topological polar surface area (TPSA) is 128 Å². The Labute approximate surface area is 163 Å². The van der Waals surface area contributed by atoms with Crippen molar-refractivity contribution in [3.05, 3.63) is 35.9 Å². The molecule has 4 N–H and O–H groups in total. The number of hydrogen-bond acceptors (Lipinski definition) is 5. The Balaban J connectivity index is 1.80. The van der Waals surface area contributed by atoms with Crippen molar-refractivity contribution in [1.82, 2.24) is 21.0 Å². The van der Waals surface area contributed by atoms with Gasteiger partial charge in [-0.2, -0.15) is 0 Å². The Bertz CT molecular complexity index is 722. The molecule has 1 saturated heterocycles. The van der Waals surface area contributed by atoms with Crippen LogP contribution in [0.15, 0.2) is 30.3 Å². The average Bonchev–Trinajstić information content (AvgIpc) is 2.96. The normalized spacial score (nSPS) is 17.4. The highest BCUT2D eigenvalue weighted by Gasteiger charge is 2.45. The second kappa shape index (κ2) is 9.84. The number of rotatable bonds is 9. The van der Waals surface area contributed by atoms with Crippen LogP contribution >= 0.6 is 0 Å². The zero-order valence-corrected chi connectivity index (χ0v) is 16.0. The Morgan fingerprint density at radius 1 is 1.18 bits per heavy atom. The summed E-state index contributed by atoms with van der Waals surface area (Å²) >= 11 is 0. The third kappa shape index (κ3) is 5.07. The largest absolute Gasteiger partial charge is 0.352 e. The maximum atomic E-state index is 12.6. The lowest BCUT2D eigenvalue weighted by Gasteiger charge is -2.26. The fourth-order valence-corrected chi connectivity index (χ4v) is 3.16. The molecular weight excluding hydrogens is 364 g/mol. The maximum Gasteiger partial charge on any atom is 0.325 e. The van der Waals surface area contributed by atoms with Crippen molar-refractivity contribution in [3.63, 3.8) is 0 Å². The smallest absolute Gasteiger partial charge is 0.325 e. The number of hydroxylamine groups is 1. The molecule has 1 aromatic rings. The number of nitrogens with zero attached hydrogens (tertiary/aromatic N) is 1. The van der Waals surface area contributed by atoms with Gasteiger partial charge in [0.15, 0.2) is 0 Å². The van der Waals surface area contributed by atoms with Gasteiger partial charge >= 0.3 is 6.03 Å². The number of hydrogen-bond donors (Lipinski definition) is 4. The molecule has 1 fully saturated rings. The summed E-state index contributed by atoms with van der Waals surface area (Å²) in [7, 11) is 0. The molecule has 1 aliphatic heterocycles. The lowest BCUT2D eigenvalue weighted by molar-refractivity contribution is -0.142. The highest BCUT2D eigenvalue weighted by Crippen LogP contribution is 2.20. The van der Waals surface area contributed by atoms with Crippen LogP contribution in [0, 0.1) is 5.92 Å². The number of unbranched alkanes of at least 4 members (excludes halogenated alkanes) is 1. The minimum absolute atomic E-state index is 0.160. The van der Waals surface area contributed by atoms with Gasteiger partial charge in [-0.1, -0.05) is 32.0 Å². The first-order valence-corrected chi connectivity index (χ1v) is 9.27. The van der Waals surface area contributed by atoms with E-state index < -0.39 is 29.9 Å². The predicted octanol–water partition coefficient (Wildman–Crippen LogP) is 1.04. The van der Waals surface area contributed by atoms with Gasteiger partial charge < -0.3 is 10.6 Å².